The Balaban J connectivity index is 1.22. The number of halogens is 3. The van der Waals surface area contributed by atoms with E-state index in [-0.39, 0.29) is 54.2 Å². The van der Waals surface area contributed by atoms with E-state index in [2.05, 4.69) is 20.1 Å². The lowest BCUT2D eigenvalue weighted by molar-refractivity contribution is -0.190. The molecule has 11 nitrogen and oxygen atoms in total. The molecule has 226 valence electrons. The number of pyridine rings is 2. The molecule has 43 heavy (non-hydrogen) atoms. The van der Waals surface area contributed by atoms with Gasteiger partial charge in [0.15, 0.2) is 10.8 Å². The van der Waals surface area contributed by atoms with Crippen molar-refractivity contribution in [2.75, 3.05) is 23.4 Å². The second-order valence-electron chi connectivity index (χ2n) is 11.8. The van der Waals surface area contributed by atoms with E-state index in [0.717, 1.165) is 12.0 Å². The molecule has 5 heterocycles. The Kier molecular flexibility index (Phi) is 5.91. The first-order valence-electron chi connectivity index (χ1n) is 13.9. The summed E-state index contributed by atoms with van der Waals surface area (Å²) in [7, 11) is -4.29. The number of hydrogen-bond donors (Lipinski definition) is 2. The molecular weight excluding hydrogens is 587 g/mol. The Morgan fingerprint density at radius 2 is 1.91 bits per heavy atom. The SMILES string of the molecule is CC1(C)C2=C3C[C@H]3N1c1nc(-n3ccc(OCCC4(C(F)(F)F)CC4)n3)ccc1C(=O)NS(=O)(=O)c1cccc(n1)NC2. The van der Waals surface area contributed by atoms with Gasteiger partial charge in [-0.25, -0.2) is 19.4 Å². The average molecular weight is 616 g/mol. The highest BCUT2D eigenvalue weighted by Crippen LogP contribution is 2.60. The van der Waals surface area contributed by atoms with Crippen molar-refractivity contribution in [2.24, 2.45) is 5.41 Å². The van der Waals surface area contributed by atoms with E-state index in [4.69, 9.17) is 9.72 Å². The quantitative estimate of drug-likeness (QED) is 0.409. The predicted octanol–water partition coefficient (Wildman–Crippen LogP) is 3.99. The monoisotopic (exact) mass is 615 g/mol. The van der Waals surface area contributed by atoms with Gasteiger partial charge in [-0.15, -0.1) is 5.10 Å². The fourth-order valence-electron chi connectivity index (χ4n) is 6.08. The highest BCUT2D eigenvalue weighted by molar-refractivity contribution is 7.90. The van der Waals surface area contributed by atoms with Gasteiger partial charge < -0.3 is 15.0 Å². The summed E-state index contributed by atoms with van der Waals surface area (Å²) in [4.78, 5) is 24.5. The van der Waals surface area contributed by atoms with Crippen LogP contribution in [0.4, 0.5) is 24.8 Å². The number of nitrogens with zero attached hydrogens (tertiary/aromatic N) is 5. The molecule has 3 aromatic heterocycles. The van der Waals surface area contributed by atoms with Gasteiger partial charge in [-0.05, 0) is 74.9 Å². The van der Waals surface area contributed by atoms with Crippen LogP contribution in [-0.4, -0.2) is 65.0 Å². The van der Waals surface area contributed by atoms with Crippen LogP contribution in [0.2, 0.25) is 0 Å². The van der Waals surface area contributed by atoms with Crippen molar-refractivity contribution in [3.05, 3.63) is 59.3 Å². The molecule has 1 atom stereocenters. The van der Waals surface area contributed by atoms with Crippen LogP contribution in [0.1, 0.15) is 49.9 Å². The van der Waals surface area contributed by atoms with Gasteiger partial charge in [0.1, 0.15) is 11.6 Å². The first-order valence-corrected chi connectivity index (χ1v) is 15.3. The van der Waals surface area contributed by atoms with Gasteiger partial charge in [0, 0.05) is 18.8 Å². The summed E-state index contributed by atoms with van der Waals surface area (Å²) in [5, 5.41) is 7.27. The molecule has 0 spiro atoms. The minimum Gasteiger partial charge on any atom is -0.477 e. The van der Waals surface area contributed by atoms with E-state index < -0.39 is 33.1 Å². The summed E-state index contributed by atoms with van der Waals surface area (Å²) in [6.07, 6.45) is -1.85. The highest BCUT2D eigenvalue weighted by Gasteiger charge is 2.62. The van der Waals surface area contributed by atoms with Gasteiger partial charge >= 0.3 is 6.18 Å². The zero-order valence-corrected chi connectivity index (χ0v) is 24.1. The number of carbonyl (C=O) groups is 1. The first kappa shape index (κ1) is 27.7. The fraction of sp³-hybridized carbons (Fsp3) is 0.429. The van der Waals surface area contributed by atoms with Crippen LogP contribution in [0.15, 0.2) is 58.8 Å². The molecule has 2 saturated carbocycles. The van der Waals surface area contributed by atoms with E-state index in [9.17, 15) is 26.4 Å². The summed E-state index contributed by atoms with van der Waals surface area (Å²) < 4.78 is 75.0. The van der Waals surface area contributed by atoms with Crippen LogP contribution in [0, 0.1) is 5.41 Å². The van der Waals surface area contributed by atoms with Gasteiger partial charge in [-0.3, -0.25) is 4.79 Å². The van der Waals surface area contributed by atoms with Crippen molar-refractivity contribution in [3.8, 4) is 11.7 Å². The number of amides is 1. The minimum absolute atomic E-state index is 0.0140. The number of hydrogen-bond acceptors (Lipinski definition) is 9. The van der Waals surface area contributed by atoms with Crippen molar-refractivity contribution in [2.45, 2.75) is 62.3 Å². The normalized spacial score (nSPS) is 22.7. The number of ether oxygens (including phenoxy) is 1. The Hall–Kier alpha value is -4.14. The number of fused-ring (bicyclic) bond motifs is 8. The zero-order valence-electron chi connectivity index (χ0n) is 23.3. The van der Waals surface area contributed by atoms with Crippen molar-refractivity contribution >= 4 is 27.6 Å². The summed E-state index contributed by atoms with van der Waals surface area (Å²) >= 11 is 0. The first-order chi connectivity index (χ1) is 20.3. The lowest BCUT2D eigenvalue weighted by Crippen LogP contribution is -2.47. The highest BCUT2D eigenvalue weighted by atomic mass is 32.2. The molecule has 0 unspecified atom stereocenters. The number of alkyl halides is 3. The zero-order chi connectivity index (χ0) is 30.4. The van der Waals surface area contributed by atoms with Gasteiger partial charge in [-0.2, -0.15) is 21.6 Å². The smallest absolute Gasteiger partial charge is 0.394 e. The van der Waals surface area contributed by atoms with Crippen molar-refractivity contribution in [1.29, 1.82) is 0 Å². The molecule has 1 amide bonds. The van der Waals surface area contributed by atoms with Gasteiger partial charge in [-0.1, -0.05) is 6.07 Å². The van der Waals surface area contributed by atoms with E-state index in [0.29, 0.717) is 18.2 Å². The molecule has 15 heteroatoms. The molecule has 2 N–H and O–H groups in total. The predicted molar refractivity (Wildman–Crippen MR) is 149 cm³/mol. The van der Waals surface area contributed by atoms with Crippen molar-refractivity contribution in [1.82, 2.24) is 24.5 Å². The molecule has 4 aliphatic rings. The topological polar surface area (TPSA) is 131 Å². The van der Waals surface area contributed by atoms with Gasteiger partial charge in [0.2, 0.25) is 5.88 Å². The van der Waals surface area contributed by atoms with Crippen LogP contribution in [0.5, 0.6) is 5.88 Å². The largest absolute Gasteiger partial charge is 0.477 e. The molecule has 2 aliphatic heterocycles. The maximum absolute atomic E-state index is 13.5. The molecule has 2 fully saturated rings. The number of nitrogens with one attached hydrogen (secondary N) is 2. The number of rotatable bonds is 5. The third kappa shape index (κ3) is 4.60. The number of carbonyl (C=O) groups excluding carboxylic acids is 1. The number of sulfonamides is 1. The lowest BCUT2D eigenvalue weighted by atomic mass is 9.92. The summed E-state index contributed by atoms with van der Waals surface area (Å²) in [5.41, 5.74) is 0.139. The summed E-state index contributed by atoms with van der Waals surface area (Å²) in [6.45, 7) is 4.34. The number of anilines is 2. The number of aromatic nitrogens is 4. The van der Waals surface area contributed by atoms with Crippen molar-refractivity contribution in [3.63, 3.8) is 0 Å². The molecule has 4 bridgehead atoms. The fourth-order valence-corrected chi connectivity index (χ4v) is 7.01. The second kappa shape index (κ2) is 9.18. The summed E-state index contributed by atoms with van der Waals surface area (Å²) in [6, 6.07) is 9.06. The van der Waals surface area contributed by atoms with E-state index in [1.54, 1.807) is 18.3 Å². The van der Waals surface area contributed by atoms with E-state index >= 15 is 0 Å². The van der Waals surface area contributed by atoms with Gasteiger partial charge in [0.25, 0.3) is 15.9 Å². The lowest BCUT2D eigenvalue weighted by Gasteiger charge is -2.39. The Morgan fingerprint density at radius 3 is 2.65 bits per heavy atom. The molecule has 0 saturated heterocycles. The van der Waals surface area contributed by atoms with E-state index in [1.807, 2.05) is 18.7 Å². The van der Waals surface area contributed by atoms with Crippen molar-refractivity contribution < 1.29 is 31.1 Å². The average Bonchev–Trinajstić information content (AvgIpc) is 3.83. The Morgan fingerprint density at radius 1 is 1.12 bits per heavy atom. The minimum atomic E-state index is -4.29. The summed E-state index contributed by atoms with van der Waals surface area (Å²) in [5.74, 6) is 0.253. The maximum Gasteiger partial charge on any atom is 0.394 e. The van der Waals surface area contributed by atoms with Crippen LogP contribution in [-0.2, 0) is 10.0 Å². The molecule has 2 aliphatic carbocycles. The second-order valence-corrected chi connectivity index (χ2v) is 13.4. The van der Waals surface area contributed by atoms with Crippen LogP contribution in [0.25, 0.3) is 5.82 Å². The van der Waals surface area contributed by atoms with Crippen LogP contribution >= 0.6 is 0 Å². The molecule has 0 aromatic carbocycles. The van der Waals surface area contributed by atoms with Gasteiger partial charge in [0.05, 0.1) is 29.2 Å². The van der Waals surface area contributed by atoms with E-state index in [1.165, 1.54) is 34.5 Å². The Bertz CT molecular complexity index is 1800. The molecule has 3 aromatic rings. The molecule has 7 rings (SSSR count). The Labute approximate surface area is 245 Å². The third-order valence-corrected chi connectivity index (χ3v) is 10.0. The van der Waals surface area contributed by atoms with Crippen LogP contribution in [0.3, 0.4) is 0 Å². The maximum atomic E-state index is 13.5. The van der Waals surface area contributed by atoms with Crippen LogP contribution < -0.4 is 19.7 Å². The standard InChI is InChI=1S/C28H28F3N7O4S/c1-26(2)18-15-32-20-4-3-5-23(33-20)43(40,41)36-25(39)16-6-7-21(34-24(16)38(26)19-14-17(18)19)37-12-8-22(35-37)42-13-11-27(9-10-27)28(29,30)31/h3-8,12,19H,9-11,13-15H2,1-2H3,(H,32,33)(H,36,39)/t19-/m1/s1. The third-order valence-electron chi connectivity index (χ3n) is 8.79. The molecule has 0 radical (unpaired) electrons. The molecular formula is C28H28F3N7O4S.